The van der Waals surface area contributed by atoms with Gasteiger partial charge in [-0.3, -0.25) is 14.4 Å². The number of para-hydroxylation sites is 1. The number of fused-ring (bicyclic) bond motifs is 6. The standard InChI is InChI=1S/C32H32FN3O5/c1-20-23-6-2-3-7-28(23)41-30(20)32(40)36-16-4-8-29(38)34-15-13-21-9-12-27(37)24(18-21)22-10-11-26(33)25(19-22)31(39)35-14-5-17-36/h2-3,6-7,9-12,18-19,37H,4-5,8,13-17H2,1H3,(H,34,38)(H,35,39). The van der Waals surface area contributed by atoms with Crippen LogP contribution in [0.5, 0.6) is 5.75 Å². The molecule has 4 bridgehead atoms. The van der Waals surface area contributed by atoms with Gasteiger partial charge in [0.15, 0.2) is 5.76 Å². The van der Waals surface area contributed by atoms with E-state index in [-0.39, 0.29) is 41.9 Å². The van der Waals surface area contributed by atoms with E-state index in [9.17, 15) is 23.9 Å². The molecule has 0 saturated carbocycles. The molecule has 0 radical (unpaired) electrons. The lowest BCUT2D eigenvalue weighted by Crippen LogP contribution is -2.36. The van der Waals surface area contributed by atoms with Crippen LogP contribution in [-0.2, 0) is 11.2 Å². The van der Waals surface area contributed by atoms with Gasteiger partial charge in [-0.1, -0.05) is 30.3 Å². The van der Waals surface area contributed by atoms with Crippen molar-refractivity contribution in [1.29, 1.82) is 0 Å². The van der Waals surface area contributed by atoms with Gasteiger partial charge in [0.2, 0.25) is 5.91 Å². The lowest BCUT2D eigenvalue weighted by Gasteiger charge is -2.22. The van der Waals surface area contributed by atoms with Gasteiger partial charge in [0.05, 0.1) is 5.56 Å². The number of rotatable bonds is 1. The van der Waals surface area contributed by atoms with Crippen LogP contribution in [-0.4, -0.2) is 53.9 Å². The van der Waals surface area contributed by atoms with Crippen LogP contribution < -0.4 is 10.6 Å². The quantitative estimate of drug-likeness (QED) is 0.306. The zero-order valence-corrected chi connectivity index (χ0v) is 22.8. The van der Waals surface area contributed by atoms with Crippen LogP contribution in [0.15, 0.2) is 65.1 Å². The summed E-state index contributed by atoms with van der Waals surface area (Å²) in [4.78, 5) is 40.6. The zero-order valence-electron chi connectivity index (χ0n) is 22.8. The fourth-order valence-electron chi connectivity index (χ4n) is 5.11. The molecule has 212 valence electrons. The Morgan fingerprint density at radius 3 is 2.56 bits per heavy atom. The Morgan fingerprint density at radius 2 is 1.73 bits per heavy atom. The molecule has 5 rings (SSSR count). The predicted octanol–water partition coefficient (Wildman–Crippen LogP) is 4.97. The lowest BCUT2D eigenvalue weighted by atomic mass is 9.98. The molecular weight excluding hydrogens is 525 g/mol. The minimum atomic E-state index is -0.673. The second kappa shape index (κ2) is 12.2. The monoisotopic (exact) mass is 557 g/mol. The minimum Gasteiger partial charge on any atom is -0.507 e. The summed E-state index contributed by atoms with van der Waals surface area (Å²) in [5.41, 5.74) is 3.07. The third-order valence-corrected chi connectivity index (χ3v) is 7.37. The first-order chi connectivity index (χ1) is 19.8. The average molecular weight is 558 g/mol. The number of phenolic OH excluding ortho intramolecular Hbond substituents is 1. The number of phenols is 1. The molecule has 0 fully saturated rings. The van der Waals surface area contributed by atoms with Crippen molar-refractivity contribution in [3.8, 4) is 16.9 Å². The van der Waals surface area contributed by atoms with Crippen molar-refractivity contribution < 1.29 is 28.3 Å². The van der Waals surface area contributed by atoms with Gasteiger partial charge in [-0.05, 0) is 67.6 Å². The summed E-state index contributed by atoms with van der Waals surface area (Å²) >= 11 is 0. The van der Waals surface area contributed by atoms with Crippen LogP contribution in [0.4, 0.5) is 4.39 Å². The smallest absolute Gasteiger partial charge is 0.289 e. The third kappa shape index (κ3) is 6.24. The maximum atomic E-state index is 14.7. The van der Waals surface area contributed by atoms with Crippen LogP contribution in [0.2, 0.25) is 0 Å². The molecule has 0 spiro atoms. The van der Waals surface area contributed by atoms with Crippen LogP contribution in [0.25, 0.3) is 22.1 Å². The molecule has 3 aromatic carbocycles. The first-order valence-electron chi connectivity index (χ1n) is 13.8. The Morgan fingerprint density at radius 1 is 0.927 bits per heavy atom. The van der Waals surface area contributed by atoms with Crippen LogP contribution in [0, 0.1) is 12.7 Å². The van der Waals surface area contributed by atoms with Crippen molar-refractivity contribution in [2.45, 2.75) is 32.6 Å². The summed E-state index contributed by atoms with van der Waals surface area (Å²) in [6.07, 6.45) is 1.62. The molecule has 0 aliphatic carbocycles. The number of nitrogens with one attached hydrogen (secondary N) is 2. The number of carbonyl (C=O) groups is 3. The Bertz CT molecular complexity index is 1610. The molecule has 8 nitrogen and oxygen atoms in total. The Balaban J connectivity index is 1.38. The summed E-state index contributed by atoms with van der Waals surface area (Å²) in [5.74, 6) is -1.40. The van der Waals surface area contributed by atoms with Gasteiger partial charge in [-0.25, -0.2) is 4.39 Å². The minimum absolute atomic E-state index is 0.00564. The van der Waals surface area contributed by atoms with Crippen molar-refractivity contribution in [3.63, 3.8) is 0 Å². The molecule has 3 amide bonds. The molecule has 1 aliphatic heterocycles. The van der Waals surface area contributed by atoms with Crippen molar-refractivity contribution >= 4 is 28.7 Å². The first kappa shape index (κ1) is 27.9. The van der Waals surface area contributed by atoms with Gasteiger partial charge >= 0.3 is 0 Å². The first-order valence-corrected chi connectivity index (χ1v) is 13.8. The van der Waals surface area contributed by atoms with Gasteiger partial charge in [0, 0.05) is 49.1 Å². The Hall–Kier alpha value is -4.66. The Kier molecular flexibility index (Phi) is 8.33. The summed E-state index contributed by atoms with van der Waals surface area (Å²) in [5, 5.41) is 17.0. The fraction of sp³-hybridized carbons (Fsp3) is 0.281. The van der Waals surface area contributed by atoms with E-state index in [1.54, 1.807) is 23.1 Å². The zero-order chi connectivity index (χ0) is 28.9. The van der Waals surface area contributed by atoms with E-state index in [4.69, 9.17) is 4.42 Å². The number of aryl methyl sites for hydroxylation is 1. The second-order valence-electron chi connectivity index (χ2n) is 10.2. The SMILES string of the molecule is Cc1c(C(=O)N2CCCNC(=O)c3cc(ccc3F)-c3cc(ccc3O)CCNC(=O)CCC2)oc2ccccc12. The van der Waals surface area contributed by atoms with Crippen molar-refractivity contribution in [3.05, 3.63) is 88.9 Å². The van der Waals surface area contributed by atoms with Gasteiger partial charge in [0.25, 0.3) is 11.8 Å². The molecule has 1 aromatic heterocycles. The summed E-state index contributed by atoms with van der Waals surface area (Å²) < 4.78 is 20.6. The van der Waals surface area contributed by atoms with Crippen LogP contribution in [0.1, 0.15) is 51.3 Å². The van der Waals surface area contributed by atoms with Crippen LogP contribution in [0.3, 0.4) is 0 Å². The highest BCUT2D eigenvalue weighted by Crippen LogP contribution is 2.31. The number of nitrogens with zero attached hydrogens (tertiary/aromatic N) is 1. The number of halogens is 1. The lowest BCUT2D eigenvalue weighted by molar-refractivity contribution is -0.121. The van der Waals surface area contributed by atoms with Gasteiger partial charge < -0.3 is 25.1 Å². The number of carbonyl (C=O) groups excluding carboxylic acids is 3. The average Bonchev–Trinajstić information content (AvgIpc) is 3.31. The highest BCUT2D eigenvalue weighted by Gasteiger charge is 2.23. The topological polar surface area (TPSA) is 112 Å². The molecule has 3 N–H and O–H groups in total. The van der Waals surface area contributed by atoms with E-state index in [1.165, 1.54) is 18.2 Å². The number of hydrogen-bond donors (Lipinski definition) is 3. The van der Waals surface area contributed by atoms with E-state index >= 15 is 0 Å². The largest absolute Gasteiger partial charge is 0.507 e. The summed E-state index contributed by atoms with van der Waals surface area (Å²) in [6, 6.07) is 16.7. The van der Waals surface area contributed by atoms with Gasteiger partial charge in [-0.15, -0.1) is 0 Å². The fourth-order valence-corrected chi connectivity index (χ4v) is 5.11. The van der Waals surface area contributed by atoms with E-state index in [1.807, 2.05) is 31.2 Å². The maximum absolute atomic E-state index is 14.7. The number of furan rings is 1. The normalized spacial score (nSPS) is 15.4. The maximum Gasteiger partial charge on any atom is 0.289 e. The molecule has 0 atom stereocenters. The predicted molar refractivity (Wildman–Crippen MR) is 153 cm³/mol. The van der Waals surface area contributed by atoms with E-state index in [0.29, 0.717) is 55.6 Å². The van der Waals surface area contributed by atoms with Crippen molar-refractivity contribution in [2.75, 3.05) is 26.2 Å². The number of amides is 3. The molecule has 0 unspecified atom stereocenters. The van der Waals surface area contributed by atoms with Gasteiger partial charge in [0.1, 0.15) is 17.1 Å². The van der Waals surface area contributed by atoms with E-state index < -0.39 is 11.7 Å². The summed E-state index contributed by atoms with van der Waals surface area (Å²) in [6.45, 7) is 3.07. The van der Waals surface area contributed by atoms with Crippen molar-refractivity contribution in [2.24, 2.45) is 0 Å². The van der Waals surface area contributed by atoms with E-state index in [0.717, 1.165) is 16.5 Å². The molecule has 41 heavy (non-hydrogen) atoms. The van der Waals surface area contributed by atoms with E-state index in [2.05, 4.69) is 10.6 Å². The highest BCUT2D eigenvalue weighted by molar-refractivity contribution is 5.99. The molecular formula is C32H32FN3O5. The Labute approximate surface area is 237 Å². The van der Waals surface area contributed by atoms with Gasteiger partial charge in [-0.2, -0.15) is 0 Å². The number of benzene rings is 3. The molecule has 9 heteroatoms. The van der Waals surface area contributed by atoms with Crippen LogP contribution >= 0.6 is 0 Å². The molecule has 4 aromatic rings. The molecule has 2 heterocycles. The third-order valence-electron chi connectivity index (χ3n) is 7.37. The molecule has 0 saturated heterocycles. The summed E-state index contributed by atoms with van der Waals surface area (Å²) in [7, 11) is 0. The van der Waals surface area contributed by atoms with Crippen molar-refractivity contribution in [1.82, 2.24) is 15.5 Å². The highest BCUT2D eigenvalue weighted by atomic mass is 19.1. The number of aromatic hydroxyl groups is 1. The number of hydrogen-bond acceptors (Lipinski definition) is 5. The molecule has 1 aliphatic rings. The second-order valence-corrected chi connectivity index (χ2v) is 10.2.